The van der Waals surface area contributed by atoms with E-state index in [0.29, 0.717) is 10.6 Å². The normalized spacial score (nSPS) is 11.4. The van der Waals surface area contributed by atoms with Gasteiger partial charge in [0.25, 0.3) is 5.91 Å². The van der Waals surface area contributed by atoms with E-state index < -0.39 is 26.7 Å². The molecule has 168 valence electrons. The number of aromatic nitrogens is 1. The second kappa shape index (κ2) is 9.35. The maximum Gasteiger partial charge on any atom is 0.295 e. The van der Waals surface area contributed by atoms with Gasteiger partial charge in [0.1, 0.15) is 11.6 Å². The molecule has 0 saturated carbocycles. The molecule has 1 amide bonds. The lowest BCUT2D eigenvalue weighted by molar-refractivity contribution is 0.0952. The predicted molar refractivity (Wildman–Crippen MR) is 122 cm³/mol. The van der Waals surface area contributed by atoms with Crippen LogP contribution in [-0.2, 0) is 16.4 Å². The molecule has 4 rings (SSSR count). The molecule has 0 saturated heterocycles. The highest BCUT2D eigenvalue weighted by Gasteiger charge is 2.27. The van der Waals surface area contributed by atoms with E-state index in [-0.39, 0.29) is 28.0 Å². The monoisotopic (exact) mass is 504 g/mol. The van der Waals surface area contributed by atoms with Crippen molar-refractivity contribution < 1.29 is 22.0 Å². The number of nitrogens with zero attached hydrogens (tertiary/aromatic N) is 2. The molecular formula is C23H15Cl2FN2O4S. The number of hydrogen-bond donors (Lipinski definition) is 0. The molecule has 0 N–H and O–H groups in total. The summed E-state index contributed by atoms with van der Waals surface area (Å²) in [6.45, 7) is -0.0467. The summed E-state index contributed by atoms with van der Waals surface area (Å²) in [5, 5.41) is 0.123. The van der Waals surface area contributed by atoms with Crippen LogP contribution in [0.3, 0.4) is 0 Å². The number of carbonyl (C=O) groups is 1. The van der Waals surface area contributed by atoms with Gasteiger partial charge in [-0.3, -0.25) is 9.69 Å². The SMILES string of the molecule is O=C(c1ccc(S(=O)(=O)c2ccc(Cl)cc2)o1)N(Cc1ccc(F)cc1Cl)c1ccccn1. The number of sulfone groups is 1. The average Bonchev–Trinajstić information content (AvgIpc) is 3.30. The Bertz CT molecular complexity index is 1410. The highest BCUT2D eigenvalue weighted by molar-refractivity contribution is 7.91. The van der Waals surface area contributed by atoms with E-state index in [1.165, 1.54) is 59.6 Å². The molecule has 0 aliphatic heterocycles. The van der Waals surface area contributed by atoms with Gasteiger partial charge in [0.2, 0.25) is 14.9 Å². The van der Waals surface area contributed by atoms with Gasteiger partial charge in [0, 0.05) is 16.2 Å². The molecule has 0 aliphatic rings. The molecule has 0 bridgehead atoms. The molecule has 6 nitrogen and oxygen atoms in total. The van der Waals surface area contributed by atoms with Gasteiger partial charge >= 0.3 is 0 Å². The summed E-state index contributed by atoms with van der Waals surface area (Å²) in [7, 11) is -4.00. The summed E-state index contributed by atoms with van der Waals surface area (Å²) in [4.78, 5) is 18.7. The Morgan fingerprint density at radius 3 is 2.42 bits per heavy atom. The van der Waals surface area contributed by atoms with Gasteiger partial charge in [-0.25, -0.2) is 17.8 Å². The minimum absolute atomic E-state index is 0.0278. The van der Waals surface area contributed by atoms with Crippen LogP contribution in [-0.4, -0.2) is 19.3 Å². The molecule has 2 heterocycles. The number of rotatable bonds is 6. The van der Waals surface area contributed by atoms with Crippen LogP contribution < -0.4 is 4.90 Å². The van der Waals surface area contributed by atoms with Gasteiger partial charge in [0.05, 0.1) is 11.4 Å². The highest BCUT2D eigenvalue weighted by atomic mass is 35.5. The molecule has 2 aromatic heterocycles. The number of furan rings is 1. The third-order valence-corrected chi connectivity index (χ3v) is 6.94. The molecule has 33 heavy (non-hydrogen) atoms. The minimum atomic E-state index is -4.00. The summed E-state index contributed by atoms with van der Waals surface area (Å²) in [5.74, 6) is -1.10. The number of hydrogen-bond acceptors (Lipinski definition) is 5. The Morgan fingerprint density at radius 1 is 1.00 bits per heavy atom. The van der Waals surface area contributed by atoms with Crippen LogP contribution in [0.1, 0.15) is 16.1 Å². The minimum Gasteiger partial charge on any atom is -0.439 e. The van der Waals surface area contributed by atoms with Crippen molar-refractivity contribution in [1.82, 2.24) is 4.98 Å². The van der Waals surface area contributed by atoms with Crippen LogP contribution in [0.4, 0.5) is 10.2 Å². The molecule has 0 aliphatic carbocycles. The van der Waals surface area contributed by atoms with Crippen molar-refractivity contribution >= 4 is 44.8 Å². The van der Waals surface area contributed by atoms with E-state index in [1.54, 1.807) is 18.2 Å². The zero-order chi connectivity index (χ0) is 23.6. The molecule has 0 fully saturated rings. The Kier molecular flexibility index (Phi) is 6.51. The lowest BCUT2D eigenvalue weighted by atomic mass is 10.2. The second-order valence-corrected chi connectivity index (χ2v) is 9.62. The van der Waals surface area contributed by atoms with Gasteiger partial charge in [-0.2, -0.15) is 0 Å². The van der Waals surface area contributed by atoms with E-state index in [9.17, 15) is 17.6 Å². The van der Waals surface area contributed by atoms with Crippen LogP contribution in [0.2, 0.25) is 10.0 Å². The molecule has 10 heteroatoms. The maximum absolute atomic E-state index is 13.5. The lowest BCUT2D eigenvalue weighted by Gasteiger charge is -2.21. The Labute approximate surface area is 199 Å². The summed E-state index contributed by atoms with van der Waals surface area (Å²) >= 11 is 12.0. The van der Waals surface area contributed by atoms with E-state index in [0.717, 1.165) is 6.07 Å². The largest absolute Gasteiger partial charge is 0.439 e. The summed E-state index contributed by atoms with van der Waals surface area (Å²) in [5.41, 5.74) is 0.470. The number of pyridine rings is 1. The van der Waals surface area contributed by atoms with E-state index in [4.69, 9.17) is 27.6 Å². The van der Waals surface area contributed by atoms with Crippen LogP contribution in [0, 0.1) is 5.82 Å². The van der Waals surface area contributed by atoms with Crippen molar-refractivity contribution in [3.8, 4) is 0 Å². The molecule has 4 aromatic rings. The molecule has 0 radical (unpaired) electrons. The van der Waals surface area contributed by atoms with Crippen LogP contribution in [0.15, 0.2) is 93.4 Å². The van der Waals surface area contributed by atoms with Gasteiger partial charge in [-0.1, -0.05) is 35.3 Å². The summed E-state index contributed by atoms with van der Waals surface area (Å²) in [6.07, 6.45) is 1.50. The van der Waals surface area contributed by atoms with Crippen LogP contribution in [0.5, 0.6) is 0 Å². The zero-order valence-corrected chi connectivity index (χ0v) is 19.1. The van der Waals surface area contributed by atoms with Crippen LogP contribution >= 0.6 is 23.2 Å². The molecule has 2 aromatic carbocycles. The van der Waals surface area contributed by atoms with E-state index in [1.807, 2.05) is 0 Å². The third-order valence-electron chi connectivity index (χ3n) is 4.70. The first-order valence-corrected chi connectivity index (χ1v) is 11.8. The quantitative estimate of drug-likeness (QED) is 0.331. The zero-order valence-electron chi connectivity index (χ0n) is 16.8. The third kappa shape index (κ3) is 4.93. The van der Waals surface area contributed by atoms with Crippen molar-refractivity contribution in [3.63, 3.8) is 0 Å². The number of amides is 1. The molecule has 0 spiro atoms. The first kappa shape index (κ1) is 23.0. The number of carbonyl (C=O) groups excluding carboxylic acids is 1. The average molecular weight is 505 g/mol. The molecule has 0 atom stereocenters. The van der Waals surface area contributed by atoms with Crippen molar-refractivity contribution in [1.29, 1.82) is 0 Å². The van der Waals surface area contributed by atoms with E-state index in [2.05, 4.69) is 4.98 Å². The van der Waals surface area contributed by atoms with Gasteiger partial charge in [-0.05, 0) is 66.2 Å². The second-order valence-electron chi connectivity index (χ2n) is 6.89. The Morgan fingerprint density at radius 2 is 1.76 bits per heavy atom. The first-order valence-electron chi connectivity index (χ1n) is 9.53. The number of benzene rings is 2. The van der Waals surface area contributed by atoms with Gasteiger partial charge in [0.15, 0.2) is 5.76 Å². The standard InChI is InChI=1S/C23H15Cl2FN2O4S/c24-16-5-8-18(9-6-16)33(30,31)22-11-10-20(32-22)23(29)28(21-3-1-2-12-27-21)14-15-4-7-17(26)13-19(15)25/h1-13H,14H2. The van der Waals surface area contributed by atoms with Crippen molar-refractivity contribution in [2.75, 3.05) is 4.90 Å². The molecule has 0 unspecified atom stereocenters. The summed E-state index contributed by atoms with van der Waals surface area (Å²) in [6, 6.07) is 16.9. The summed E-state index contributed by atoms with van der Waals surface area (Å²) < 4.78 is 44.6. The highest BCUT2D eigenvalue weighted by Crippen LogP contribution is 2.27. The fourth-order valence-electron chi connectivity index (χ4n) is 3.03. The molecular weight excluding hydrogens is 490 g/mol. The van der Waals surface area contributed by atoms with E-state index >= 15 is 0 Å². The first-order chi connectivity index (χ1) is 15.8. The van der Waals surface area contributed by atoms with Crippen molar-refractivity contribution in [2.45, 2.75) is 16.5 Å². The maximum atomic E-state index is 13.5. The smallest absolute Gasteiger partial charge is 0.295 e. The van der Waals surface area contributed by atoms with Gasteiger partial charge < -0.3 is 4.42 Å². The topological polar surface area (TPSA) is 80.5 Å². The fourth-order valence-corrected chi connectivity index (χ4v) is 4.56. The fraction of sp³-hybridized carbons (Fsp3) is 0.0435. The number of halogens is 3. The predicted octanol–water partition coefficient (Wildman–Crippen LogP) is 5.80. The number of anilines is 1. The lowest BCUT2D eigenvalue weighted by Crippen LogP contribution is -2.31. The van der Waals surface area contributed by atoms with Crippen molar-refractivity contribution in [2.24, 2.45) is 0 Å². The Balaban J connectivity index is 1.68. The van der Waals surface area contributed by atoms with Crippen LogP contribution in [0.25, 0.3) is 0 Å². The Hall–Kier alpha value is -3.20. The van der Waals surface area contributed by atoms with Crippen molar-refractivity contribution in [3.05, 3.63) is 106 Å². The van der Waals surface area contributed by atoms with Gasteiger partial charge in [-0.15, -0.1) is 0 Å².